The zero-order chi connectivity index (χ0) is 19.7. The molecular formula is C21H19N3O4. The highest BCUT2D eigenvalue weighted by atomic mass is 16.5. The summed E-state index contributed by atoms with van der Waals surface area (Å²) in [6.45, 7) is 0. The number of ether oxygens (including phenoxy) is 1. The number of nitrogen functional groups attached to an aromatic ring is 1. The molecule has 4 rings (SSSR count). The van der Waals surface area contributed by atoms with E-state index in [1.807, 2.05) is 59.2 Å². The number of hydrogen-bond acceptors (Lipinski definition) is 5. The van der Waals surface area contributed by atoms with E-state index in [0.29, 0.717) is 17.8 Å². The predicted molar refractivity (Wildman–Crippen MR) is 106 cm³/mol. The molecule has 7 heteroatoms. The zero-order valence-corrected chi connectivity index (χ0v) is 15.3. The smallest absolute Gasteiger partial charge is 0.303 e. The Bertz CT molecular complexity index is 1140. The van der Waals surface area contributed by atoms with E-state index in [2.05, 4.69) is 5.16 Å². The third-order valence-corrected chi connectivity index (χ3v) is 4.68. The van der Waals surface area contributed by atoms with E-state index in [0.717, 1.165) is 33.8 Å². The number of nitrogens with two attached hydrogens (primary N) is 1. The van der Waals surface area contributed by atoms with Gasteiger partial charge in [0.15, 0.2) is 11.4 Å². The van der Waals surface area contributed by atoms with Gasteiger partial charge in [0.2, 0.25) is 0 Å². The number of carboxylic acids is 1. The molecule has 3 N–H and O–H groups in total. The van der Waals surface area contributed by atoms with Crippen LogP contribution in [0.2, 0.25) is 0 Å². The minimum Gasteiger partial charge on any atom is -0.497 e. The second-order valence-electron chi connectivity index (χ2n) is 6.42. The van der Waals surface area contributed by atoms with Crippen molar-refractivity contribution in [2.24, 2.45) is 0 Å². The molecule has 2 aromatic heterocycles. The maximum Gasteiger partial charge on any atom is 0.303 e. The highest BCUT2D eigenvalue weighted by Gasteiger charge is 2.15. The van der Waals surface area contributed by atoms with Crippen LogP contribution in [0, 0.1) is 0 Å². The van der Waals surface area contributed by atoms with Crippen LogP contribution in [-0.4, -0.2) is 27.9 Å². The first-order valence-corrected chi connectivity index (χ1v) is 8.79. The Kier molecular flexibility index (Phi) is 4.49. The number of aromatic nitrogens is 2. The van der Waals surface area contributed by atoms with E-state index in [4.69, 9.17) is 20.1 Å². The van der Waals surface area contributed by atoms with Crippen LogP contribution >= 0.6 is 0 Å². The van der Waals surface area contributed by atoms with Crippen LogP contribution < -0.4 is 10.5 Å². The first-order chi connectivity index (χ1) is 13.6. The third-order valence-electron chi connectivity index (χ3n) is 4.68. The summed E-state index contributed by atoms with van der Waals surface area (Å²) < 4.78 is 12.6. The highest BCUT2D eigenvalue weighted by molar-refractivity contribution is 5.88. The molecule has 7 nitrogen and oxygen atoms in total. The van der Waals surface area contributed by atoms with Crippen molar-refractivity contribution in [3.05, 3.63) is 60.3 Å². The quantitative estimate of drug-likeness (QED) is 0.528. The molecule has 0 amide bonds. The van der Waals surface area contributed by atoms with Gasteiger partial charge in [-0.05, 0) is 60.5 Å². The Labute approximate surface area is 160 Å². The third kappa shape index (κ3) is 3.18. The summed E-state index contributed by atoms with van der Waals surface area (Å²) in [7, 11) is 1.63. The fourth-order valence-corrected chi connectivity index (χ4v) is 3.29. The number of methoxy groups -OCH3 is 1. The highest BCUT2D eigenvalue weighted by Crippen LogP contribution is 2.31. The molecule has 0 atom stereocenters. The number of carbonyl (C=O) groups is 1. The molecule has 0 saturated heterocycles. The molecular weight excluding hydrogens is 358 g/mol. The maximum atomic E-state index is 11.1. The van der Waals surface area contributed by atoms with Crippen molar-refractivity contribution in [3.63, 3.8) is 0 Å². The normalized spacial score (nSPS) is 11.0. The van der Waals surface area contributed by atoms with E-state index >= 15 is 0 Å². The van der Waals surface area contributed by atoms with Crippen LogP contribution in [-0.2, 0) is 11.2 Å². The first-order valence-electron chi connectivity index (χ1n) is 8.79. The van der Waals surface area contributed by atoms with Gasteiger partial charge in [-0.2, -0.15) is 0 Å². The number of nitrogens with zero attached hydrogens (tertiary/aromatic N) is 2. The summed E-state index contributed by atoms with van der Waals surface area (Å²) >= 11 is 0. The fraction of sp³-hybridized carbons (Fsp3) is 0.143. The lowest BCUT2D eigenvalue weighted by molar-refractivity contribution is -0.136. The summed E-state index contributed by atoms with van der Waals surface area (Å²) in [6.07, 6.45) is 0.450. The standard InChI is InChI=1S/C21H19N3O4/c1-27-16-7-2-13(3-8-16)18-10-5-14(6-11-20(25)26)24(18)15-4-9-17-19(12-15)28-23-21(17)22/h2-5,7-10,12H,6,11H2,1H3,(H2,22,23)(H,25,26). The largest absolute Gasteiger partial charge is 0.497 e. The number of aliphatic carboxylic acids is 1. The van der Waals surface area contributed by atoms with E-state index in [1.54, 1.807) is 7.11 Å². The van der Waals surface area contributed by atoms with Crippen LogP contribution in [0.5, 0.6) is 5.75 Å². The number of carboxylic acid groups (broad SMARTS) is 1. The molecule has 0 aliphatic rings. The van der Waals surface area contributed by atoms with Gasteiger partial charge >= 0.3 is 5.97 Å². The van der Waals surface area contributed by atoms with Crippen LogP contribution in [0.3, 0.4) is 0 Å². The molecule has 0 spiro atoms. The van der Waals surface area contributed by atoms with Gasteiger partial charge in [0.1, 0.15) is 5.75 Å². The fourth-order valence-electron chi connectivity index (χ4n) is 3.29. The Hall–Kier alpha value is -3.74. The van der Waals surface area contributed by atoms with E-state index in [-0.39, 0.29) is 6.42 Å². The molecule has 0 bridgehead atoms. The maximum absolute atomic E-state index is 11.1. The molecule has 28 heavy (non-hydrogen) atoms. The topological polar surface area (TPSA) is 104 Å². The number of anilines is 1. The number of benzene rings is 2. The van der Waals surface area contributed by atoms with Gasteiger partial charge in [-0.25, -0.2) is 0 Å². The lowest BCUT2D eigenvalue weighted by atomic mass is 10.1. The molecule has 0 saturated carbocycles. The second-order valence-corrected chi connectivity index (χ2v) is 6.42. The van der Waals surface area contributed by atoms with Gasteiger partial charge in [0, 0.05) is 17.4 Å². The van der Waals surface area contributed by atoms with Crippen molar-refractivity contribution >= 4 is 22.8 Å². The number of rotatable bonds is 6. The SMILES string of the molecule is COc1ccc(-c2ccc(CCC(=O)O)n2-c2ccc3c(N)noc3c2)cc1. The van der Waals surface area contributed by atoms with Crippen molar-refractivity contribution in [2.75, 3.05) is 12.8 Å². The van der Waals surface area contributed by atoms with Crippen molar-refractivity contribution < 1.29 is 19.2 Å². The molecule has 2 heterocycles. The Balaban J connectivity index is 1.85. The number of fused-ring (bicyclic) bond motifs is 1. The summed E-state index contributed by atoms with van der Waals surface area (Å²) in [5, 5.41) is 13.6. The van der Waals surface area contributed by atoms with Crippen LogP contribution in [0.1, 0.15) is 12.1 Å². The average Bonchev–Trinajstić information content (AvgIpc) is 3.30. The lowest BCUT2D eigenvalue weighted by Crippen LogP contribution is -2.05. The molecule has 0 aliphatic heterocycles. The van der Waals surface area contributed by atoms with E-state index in [9.17, 15) is 4.79 Å². The summed E-state index contributed by atoms with van der Waals surface area (Å²) in [4.78, 5) is 11.1. The van der Waals surface area contributed by atoms with Gasteiger partial charge in [-0.3, -0.25) is 4.79 Å². The van der Waals surface area contributed by atoms with Gasteiger partial charge in [-0.1, -0.05) is 5.16 Å². The van der Waals surface area contributed by atoms with Crippen LogP contribution in [0.15, 0.2) is 59.1 Å². The number of aryl methyl sites for hydroxylation is 1. The molecule has 0 radical (unpaired) electrons. The second kappa shape index (κ2) is 7.11. The molecule has 0 fully saturated rings. The summed E-state index contributed by atoms with van der Waals surface area (Å²) in [5.74, 6) is 0.277. The summed E-state index contributed by atoms with van der Waals surface area (Å²) in [6, 6.07) is 17.3. The molecule has 2 aromatic carbocycles. The van der Waals surface area contributed by atoms with Crippen molar-refractivity contribution in [1.82, 2.24) is 9.72 Å². The van der Waals surface area contributed by atoms with Gasteiger partial charge in [0.05, 0.1) is 24.6 Å². The van der Waals surface area contributed by atoms with Gasteiger partial charge in [-0.15, -0.1) is 0 Å². The minimum absolute atomic E-state index is 0.0452. The Morgan fingerprint density at radius 1 is 1.18 bits per heavy atom. The van der Waals surface area contributed by atoms with Crippen molar-refractivity contribution in [3.8, 4) is 22.7 Å². The van der Waals surface area contributed by atoms with Crippen LogP contribution in [0.4, 0.5) is 5.82 Å². The monoisotopic (exact) mass is 377 g/mol. The molecule has 142 valence electrons. The van der Waals surface area contributed by atoms with Gasteiger partial charge in [0.25, 0.3) is 0 Å². The Morgan fingerprint density at radius 2 is 1.96 bits per heavy atom. The van der Waals surface area contributed by atoms with E-state index in [1.165, 1.54) is 0 Å². The van der Waals surface area contributed by atoms with Crippen LogP contribution in [0.25, 0.3) is 27.9 Å². The van der Waals surface area contributed by atoms with Gasteiger partial charge < -0.3 is 24.7 Å². The van der Waals surface area contributed by atoms with E-state index < -0.39 is 5.97 Å². The zero-order valence-electron chi connectivity index (χ0n) is 15.3. The Morgan fingerprint density at radius 3 is 2.68 bits per heavy atom. The van der Waals surface area contributed by atoms with Crippen molar-refractivity contribution in [2.45, 2.75) is 12.8 Å². The van der Waals surface area contributed by atoms with Crippen molar-refractivity contribution in [1.29, 1.82) is 0 Å². The average molecular weight is 377 g/mol. The number of hydrogen-bond donors (Lipinski definition) is 2. The summed E-state index contributed by atoms with van der Waals surface area (Å²) in [5.41, 5.74) is 10.1. The first kappa shape index (κ1) is 17.7. The lowest BCUT2D eigenvalue weighted by Gasteiger charge is -2.14. The molecule has 0 unspecified atom stereocenters. The predicted octanol–water partition coefficient (Wildman–Crippen LogP) is 3.89. The molecule has 0 aliphatic carbocycles. The minimum atomic E-state index is -0.836. The molecule has 4 aromatic rings.